The van der Waals surface area contributed by atoms with Gasteiger partial charge in [-0.25, -0.2) is 0 Å². The standard InChI is InChI=1S/C19H30N2/c1-14(2)10-17-13-21(18-4-3-5-18)9-8-16-11-15(12-20)6-7-19(16)17/h6-7,11,14,17-18H,3-5,8-10,12-13,20H2,1-2H3. The number of benzene rings is 1. The van der Waals surface area contributed by atoms with Gasteiger partial charge < -0.3 is 5.73 Å². The van der Waals surface area contributed by atoms with Crippen molar-refractivity contribution in [3.05, 3.63) is 34.9 Å². The number of nitrogens with zero attached hydrogens (tertiary/aromatic N) is 1. The second-order valence-corrected chi connectivity index (χ2v) is 7.39. The van der Waals surface area contributed by atoms with Crippen molar-refractivity contribution in [3.63, 3.8) is 0 Å². The highest BCUT2D eigenvalue weighted by molar-refractivity contribution is 5.36. The van der Waals surface area contributed by atoms with Crippen LogP contribution in [0.2, 0.25) is 0 Å². The van der Waals surface area contributed by atoms with Crippen LogP contribution in [0.1, 0.15) is 62.1 Å². The van der Waals surface area contributed by atoms with Crippen molar-refractivity contribution >= 4 is 0 Å². The lowest BCUT2D eigenvalue weighted by Crippen LogP contribution is -2.42. The lowest BCUT2D eigenvalue weighted by molar-refractivity contribution is 0.121. The largest absolute Gasteiger partial charge is 0.326 e. The van der Waals surface area contributed by atoms with Gasteiger partial charge in [0, 0.05) is 25.7 Å². The summed E-state index contributed by atoms with van der Waals surface area (Å²) in [6.07, 6.45) is 6.77. The van der Waals surface area contributed by atoms with Crippen LogP contribution in [0.5, 0.6) is 0 Å². The van der Waals surface area contributed by atoms with Crippen LogP contribution in [-0.2, 0) is 13.0 Å². The van der Waals surface area contributed by atoms with E-state index < -0.39 is 0 Å². The molecule has 1 fully saturated rings. The van der Waals surface area contributed by atoms with E-state index in [1.807, 2.05) is 0 Å². The molecule has 0 bridgehead atoms. The van der Waals surface area contributed by atoms with Gasteiger partial charge in [0.25, 0.3) is 0 Å². The molecule has 1 aromatic rings. The molecule has 1 atom stereocenters. The molecule has 1 saturated carbocycles. The summed E-state index contributed by atoms with van der Waals surface area (Å²) >= 11 is 0. The molecule has 0 radical (unpaired) electrons. The van der Waals surface area contributed by atoms with Crippen molar-refractivity contribution in [2.45, 2.75) is 64.5 Å². The summed E-state index contributed by atoms with van der Waals surface area (Å²) in [5, 5.41) is 0. The Bertz CT molecular complexity index is 476. The third-order valence-corrected chi connectivity index (χ3v) is 5.35. The molecule has 2 aliphatic rings. The maximum absolute atomic E-state index is 5.83. The molecule has 0 spiro atoms. The smallest absolute Gasteiger partial charge is 0.0178 e. The van der Waals surface area contributed by atoms with E-state index in [1.54, 1.807) is 11.1 Å². The van der Waals surface area contributed by atoms with E-state index in [4.69, 9.17) is 5.73 Å². The van der Waals surface area contributed by atoms with Crippen molar-refractivity contribution in [2.75, 3.05) is 13.1 Å². The van der Waals surface area contributed by atoms with Crippen LogP contribution >= 0.6 is 0 Å². The molecule has 3 rings (SSSR count). The van der Waals surface area contributed by atoms with Crippen LogP contribution in [-0.4, -0.2) is 24.0 Å². The zero-order valence-corrected chi connectivity index (χ0v) is 13.6. The van der Waals surface area contributed by atoms with Gasteiger partial charge in [0.15, 0.2) is 0 Å². The Balaban J connectivity index is 1.86. The molecule has 2 nitrogen and oxygen atoms in total. The predicted molar refractivity (Wildman–Crippen MR) is 89.4 cm³/mol. The Hall–Kier alpha value is -0.860. The first-order chi connectivity index (χ1) is 10.2. The SMILES string of the molecule is CC(C)CC1CN(C2CCC2)CCc2cc(CN)ccc21. The van der Waals surface area contributed by atoms with E-state index in [0.717, 1.165) is 12.0 Å². The van der Waals surface area contributed by atoms with Crippen LogP contribution in [0, 0.1) is 5.92 Å². The second kappa shape index (κ2) is 6.50. The summed E-state index contributed by atoms with van der Waals surface area (Å²) in [6, 6.07) is 7.84. The number of fused-ring (bicyclic) bond motifs is 1. The van der Waals surface area contributed by atoms with Crippen LogP contribution in [0.4, 0.5) is 0 Å². The number of rotatable bonds is 4. The number of hydrogen-bond acceptors (Lipinski definition) is 2. The number of hydrogen-bond donors (Lipinski definition) is 1. The van der Waals surface area contributed by atoms with Crippen molar-refractivity contribution < 1.29 is 0 Å². The van der Waals surface area contributed by atoms with E-state index >= 15 is 0 Å². The summed E-state index contributed by atoms with van der Waals surface area (Å²) in [4.78, 5) is 2.78. The van der Waals surface area contributed by atoms with E-state index in [2.05, 4.69) is 36.9 Å². The molecule has 1 unspecified atom stereocenters. The van der Waals surface area contributed by atoms with E-state index in [0.29, 0.717) is 12.5 Å². The van der Waals surface area contributed by atoms with Gasteiger partial charge in [0.1, 0.15) is 0 Å². The van der Waals surface area contributed by atoms with Crippen LogP contribution < -0.4 is 5.73 Å². The third kappa shape index (κ3) is 3.32. The Labute approximate surface area is 129 Å². The van der Waals surface area contributed by atoms with Crippen molar-refractivity contribution in [3.8, 4) is 0 Å². The summed E-state index contributed by atoms with van der Waals surface area (Å²) < 4.78 is 0. The predicted octanol–water partition coefficient (Wildman–Crippen LogP) is 3.69. The second-order valence-electron chi connectivity index (χ2n) is 7.39. The Kier molecular flexibility index (Phi) is 4.66. The molecule has 0 amide bonds. The zero-order valence-electron chi connectivity index (χ0n) is 13.6. The summed E-state index contributed by atoms with van der Waals surface area (Å²) in [7, 11) is 0. The highest BCUT2D eigenvalue weighted by atomic mass is 15.2. The lowest BCUT2D eigenvalue weighted by Gasteiger charge is -2.38. The molecule has 1 aliphatic carbocycles. The molecule has 116 valence electrons. The van der Waals surface area contributed by atoms with E-state index in [-0.39, 0.29) is 0 Å². The normalized spacial score (nSPS) is 23.7. The molecule has 2 N–H and O–H groups in total. The van der Waals surface area contributed by atoms with E-state index in [1.165, 1.54) is 50.8 Å². The molecule has 0 aromatic heterocycles. The molecule has 1 aromatic carbocycles. The fourth-order valence-electron chi connectivity index (χ4n) is 3.99. The number of nitrogens with two attached hydrogens (primary N) is 1. The third-order valence-electron chi connectivity index (χ3n) is 5.35. The van der Waals surface area contributed by atoms with Gasteiger partial charge in [-0.15, -0.1) is 0 Å². The van der Waals surface area contributed by atoms with Gasteiger partial charge in [-0.3, -0.25) is 4.90 Å². The minimum Gasteiger partial charge on any atom is -0.326 e. The zero-order chi connectivity index (χ0) is 14.8. The first-order valence-corrected chi connectivity index (χ1v) is 8.73. The molecule has 21 heavy (non-hydrogen) atoms. The van der Waals surface area contributed by atoms with Crippen LogP contribution in [0.25, 0.3) is 0 Å². The van der Waals surface area contributed by atoms with Gasteiger partial charge in [0.2, 0.25) is 0 Å². The van der Waals surface area contributed by atoms with Crippen LogP contribution in [0.3, 0.4) is 0 Å². The van der Waals surface area contributed by atoms with Crippen molar-refractivity contribution in [1.29, 1.82) is 0 Å². The quantitative estimate of drug-likeness (QED) is 0.914. The molecular formula is C19H30N2. The summed E-state index contributed by atoms with van der Waals surface area (Å²) in [5.41, 5.74) is 10.3. The van der Waals surface area contributed by atoms with Crippen molar-refractivity contribution in [1.82, 2.24) is 4.90 Å². The Morgan fingerprint density at radius 3 is 2.71 bits per heavy atom. The van der Waals surface area contributed by atoms with Gasteiger partial charge in [-0.2, -0.15) is 0 Å². The fraction of sp³-hybridized carbons (Fsp3) is 0.684. The maximum atomic E-state index is 5.83. The maximum Gasteiger partial charge on any atom is 0.0178 e. The van der Waals surface area contributed by atoms with Gasteiger partial charge in [-0.05, 0) is 54.2 Å². The van der Waals surface area contributed by atoms with Gasteiger partial charge in [0.05, 0.1) is 0 Å². The molecular weight excluding hydrogens is 256 g/mol. The van der Waals surface area contributed by atoms with Crippen LogP contribution in [0.15, 0.2) is 18.2 Å². The Morgan fingerprint density at radius 2 is 2.10 bits per heavy atom. The molecule has 2 heteroatoms. The average Bonchev–Trinajstić information content (AvgIpc) is 2.56. The monoisotopic (exact) mass is 286 g/mol. The highest BCUT2D eigenvalue weighted by Gasteiger charge is 2.30. The summed E-state index contributed by atoms with van der Waals surface area (Å²) in [5.74, 6) is 1.47. The van der Waals surface area contributed by atoms with E-state index in [9.17, 15) is 0 Å². The summed E-state index contributed by atoms with van der Waals surface area (Å²) in [6.45, 7) is 7.87. The van der Waals surface area contributed by atoms with Crippen molar-refractivity contribution in [2.24, 2.45) is 11.7 Å². The molecule has 1 heterocycles. The Morgan fingerprint density at radius 1 is 1.29 bits per heavy atom. The van der Waals surface area contributed by atoms with Gasteiger partial charge >= 0.3 is 0 Å². The topological polar surface area (TPSA) is 29.3 Å². The average molecular weight is 286 g/mol. The molecule has 1 aliphatic heterocycles. The van der Waals surface area contributed by atoms with Gasteiger partial charge in [-0.1, -0.05) is 38.5 Å². The first kappa shape index (κ1) is 15.1. The highest BCUT2D eigenvalue weighted by Crippen LogP contribution is 2.35. The fourth-order valence-corrected chi connectivity index (χ4v) is 3.99. The lowest BCUT2D eigenvalue weighted by atomic mass is 9.85. The first-order valence-electron chi connectivity index (χ1n) is 8.73. The molecule has 0 saturated heterocycles. The minimum absolute atomic E-state index is 0.661. The minimum atomic E-state index is 0.661.